The lowest BCUT2D eigenvalue weighted by molar-refractivity contribution is 0.146. The second-order valence-corrected chi connectivity index (χ2v) is 6.29. The van der Waals surface area contributed by atoms with Gasteiger partial charge in [-0.2, -0.15) is 0 Å². The van der Waals surface area contributed by atoms with Crippen molar-refractivity contribution in [3.8, 4) is 0 Å². The van der Waals surface area contributed by atoms with E-state index in [1.54, 1.807) is 0 Å². The molecule has 0 aliphatic carbocycles. The molecule has 0 radical (unpaired) electrons. The van der Waals surface area contributed by atoms with E-state index >= 15 is 0 Å². The van der Waals surface area contributed by atoms with Crippen LogP contribution in [0.1, 0.15) is 104 Å². The van der Waals surface area contributed by atoms with Gasteiger partial charge >= 0.3 is 0 Å². The number of hydrogen-bond acceptors (Lipinski definition) is 2. The van der Waals surface area contributed by atoms with Crippen molar-refractivity contribution in [1.29, 1.82) is 0 Å². The molecule has 0 aliphatic rings. The van der Waals surface area contributed by atoms with E-state index in [9.17, 15) is 10.2 Å². The highest BCUT2D eigenvalue weighted by Gasteiger charge is 2.04. The minimum atomic E-state index is -0.0788. The largest absolute Gasteiger partial charge is 0.393 e. The summed E-state index contributed by atoms with van der Waals surface area (Å²) in [6, 6.07) is 0. The van der Waals surface area contributed by atoms with Gasteiger partial charge in [-0.3, -0.25) is 0 Å². The molecule has 0 fully saturated rings. The maximum absolute atomic E-state index is 9.85. The Kier molecular flexibility index (Phi) is 15.3. The molecule has 0 rings (SSSR count). The Bertz CT molecular complexity index is 182. The highest BCUT2D eigenvalue weighted by Crippen LogP contribution is 2.14. The van der Waals surface area contributed by atoms with Gasteiger partial charge in [-0.25, -0.2) is 0 Å². The van der Waals surface area contributed by atoms with Crippen LogP contribution in [0.2, 0.25) is 0 Å². The molecule has 2 atom stereocenters. The van der Waals surface area contributed by atoms with Crippen molar-refractivity contribution in [3.63, 3.8) is 0 Å². The highest BCUT2D eigenvalue weighted by atomic mass is 16.3. The van der Waals surface area contributed by atoms with Gasteiger partial charge in [0.1, 0.15) is 0 Å². The molecule has 0 aromatic rings. The van der Waals surface area contributed by atoms with Gasteiger partial charge in [0.25, 0.3) is 0 Å². The molecule has 0 bridgehead atoms. The molecule has 0 spiro atoms. The van der Waals surface area contributed by atoms with E-state index in [1.807, 2.05) is 0 Å². The molecule has 20 heavy (non-hydrogen) atoms. The van der Waals surface area contributed by atoms with Crippen LogP contribution in [0.4, 0.5) is 0 Å². The fourth-order valence-electron chi connectivity index (χ4n) is 2.72. The van der Waals surface area contributed by atoms with Crippen LogP contribution in [0, 0.1) is 0 Å². The van der Waals surface area contributed by atoms with Crippen molar-refractivity contribution in [2.75, 3.05) is 0 Å². The Labute approximate surface area is 127 Å². The Morgan fingerprint density at radius 2 is 0.900 bits per heavy atom. The van der Waals surface area contributed by atoms with Gasteiger partial charge in [-0.1, -0.05) is 78.1 Å². The molecule has 122 valence electrons. The van der Waals surface area contributed by atoms with Crippen molar-refractivity contribution < 1.29 is 10.2 Å². The summed E-state index contributed by atoms with van der Waals surface area (Å²) in [6.07, 6.45) is 15.9. The third-order valence-electron chi connectivity index (χ3n) is 4.09. The molecule has 0 saturated carbocycles. The number of unbranched alkanes of at least 4 members (excludes halogenated alkanes) is 7. The summed E-state index contributed by atoms with van der Waals surface area (Å²) < 4.78 is 0. The summed E-state index contributed by atoms with van der Waals surface area (Å²) in [5.41, 5.74) is 0. The fraction of sp³-hybridized carbons (Fsp3) is 1.00. The first-order chi connectivity index (χ1) is 9.70. The monoisotopic (exact) mass is 286 g/mol. The molecular formula is C18H38O2. The molecule has 2 nitrogen and oxygen atoms in total. The standard InChI is InChI=1S/C18H38O2/c1-3-5-6-10-15-18(20)16-12-9-7-8-11-14-17(19)13-4-2/h17-20H,3-16H2,1-2H3. The fourth-order valence-corrected chi connectivity index (χ4v) is 2.72. The van der Waals surface area contributed by atoms with Gasteiger partial charge in [-0.05, 0) is 25.7 Å². The topological polar surface area (TPSA) is 40.5 Å². The third kappa shape index (κ3) is 14.3. The van der Waals surface area contributed by atoms with E-state index < -0.39 is 0 Å². The Morgan fingerprint density at radius 1 is 0.500 bits per heavy atom. The minimum absolute atomic E-state index is 0.0711. The average molecular weight is 286 g/mol. The molecule has 0 amide bonds. The van der Waals surface area contributed by atoms with Gasteiger partial charge in [0.15, 0.2) is 0 Å². The van der Waals surface area contributed by atoms with E-state index in [0.29, 0.717) is 0 Å². The smallest absolute Gasteiger partial charge is 0.0540 e. The minimum Gasteiger partial charge on any atom is -0.393 e. The summed E-state index contributed by atoms with van der Waals surface area (Å²) in [7, 11) is 0. The van der Waals surface area contributed by atoms with Crippen LogP contribution in [0.5, 0.6) is 0 Å². The van der Waals surface area contributed by atoms with Gasteiger partial charge in [-0.15, -0.1) is 0 Å². The number of aliphatic hydroxyl groups excluding tert-OH is 2. The van der Waals surface area contributed by atoms with E-state index in [1.165, 1.54) is 44.9 Å². The quantitative estimate of drug-likeness (QED) is 0.406. The van der Waals surface area contributed by atoms with Gasteiger partial charge < -0.3 is 10.2 Å². The zero-order chi connectivity index (χ0) is 15.1. The maximum Gasteiger partial charge on any atom is 0.0540 e. The van der Waals surface area contributed by atoms with Crippen LogP contribution in [0.15, 0.2) is 0 Å². The summed E-state index contributed by atoms with van der Waals surface area (Å²) in [6.45, 7) is 4.34. The first-order valence-electron chi connectivity index (χ1n) is 9.06. The van der Waals surface area contributed by atoms with Crippen LogP contribution in [0.3, 0.4) is 0 Å². The van der Waals surface area contributed by atoms with Crippen LogP contribution in [-0.2, 0) is 0 Å². The zero-order valence-corrected chi connectivity index (χ0v) is 13.9. The van der Waals surface area contributed by atoms with Crippen molar-refractivity contribution in [1.82, 2.24) is 0 Å². The molecule has 0 aromatic heterocycles. The second kappa shape index (κ2) is 15.3. The lowest BCUT2D eigenvalue weighted by Crippen LogP contribution is -2.06. The van der Waals surface area contributed by atoms with Crippen molar-refractivity contribution in [3.05, 3.63) is 0 Å². The van der Waals surface area contributed by atoms with Crippen LogP contribution < -0.4 is 0 Å². The molecule has 0 heterocycles. The van der Waals surface area contributed by atoms with Gasteiger partial charge in [0.05, 0.1) is 12.2 Å². The van der Waals surface area contributed by atoms with Gasteiger partial charge in [0, 0.05) is 0 Å². The van der Waals surface area contributed by atoms with E-state index in [2.05, 4.69) is 13.8 Å². The number of hydrogen-bond donors (Lipinski definition) is 2. The van der Waals surface area contributed by atoms with Crippen LogP contribution in [-0.4, -0.2) is 22.4 Å². The lowest BCUT2D eigenvalue weighted by atomic mass is 10.0. The normalized spacial score (nSPS) is 14.4. The predicted octanol–water partition coefficient (Wildman–Crippen LogP) is 5.21. The SMILES string of the molecule is CCCCCCC(O)CCCCCCCC(O)CCC. The molecule has 2 heteroatoms. The summed E-state index contributed by atoms with van der Waals surface area (Å²) >= 11 is 0. The highest BCUT2D eigenvalue weighted by molar-refractivity contribution is 4.58. The molecule has 0 aromatic carbocycles. The average Bonchev–Trinajstić information content (AvgIpc) is 2.43. The number of aliphatic hydroxyl groups is 2. The van der Waals surface area contributed by atoms with Gasteiger partial charge in [0.2, 0.25) is 0 Å². The lowest BCUT2D eigenvalue weighted by Gasteiger charge is -2.10. The summed E-state index contributed by atoms with van der Waals surface area (Å²) in [5, 5.41) is 19.5. The van der Waals surface area contributed by atoms with Crippen LogP contribution in [0.25, 0.3) is 0 Å². The second-order valence-electron chi connectivity index (χ2n) is 6.29. The van der Waals surface area contributed by atoms with E-state index in [4.69, 9.17) is 0 Å². The Morgan fingerprint density at radius 3 is 1.35 bits per heavy atom. The predicted molar refractivity (Wildman–Crippen MR) is 88.0 cm³/mol. The molecular weight excluding hydrogens is 248 g/mol. The molecule has 0 aliphatic heterocycles. The number of rotatable bonds is 15. The first-order valence-corrected chi connectivity index (χ1v) is 9.06. The molecule has 0 saturated heterocycles. The molecule has 2 N–H and O–H groups in total. The van der Waals surface area contributed by atoms with Crippen LogP contribution >= 0.6 is 0 Å². The van der Waals surface area contributed by atoms with Crippen molar-refractivity contribution >= 4 is 0 Å². The maximum atomic E-state index is 9.85. The first kappa shape index (κ1) is 19.9. The Balaban J connectivity index is 3.18. The summed E-state index contributed by atoms with van der Waals surface area (Å²) in [4.78, 5) is 0. The third-order valence-corrected chi connectivity index (χ3v) is 4.09. The van der Waals surface area contributed by atoms with Crippen molar-refractivity contribution in [2.24, 2.45) is 0 Å². The zero-order valence-electron chi connectivity index (χ0n) is 13.9. The van der Waals surface area contributed by atoms with E-state index in [0.717, 1.165) is 44.9 Å². The van der Waals surface area contributed by atoms with E-state index in [-0.39, 0.29) is 12.2 Å². The Hall–Kier alpha value is -0.0800. The summed E-state index contributed by atoms with van der Waals surface area (Å²) in [5.74, 6) is 0. The van der Waals surface area contributed by atoms with Crippen molar-refractivity contribution in [2.45, 2.75) is 116 Å². The molecule has 2 unspecified atom stereocenters.